The molecular formula is C13H21NO. The molecule has 1 rings (SSSR count). The maximum atomic E-state index is 6.14. The zero-order chi connectivity index (χ0) is 11.3. The van der Waals surface area contributed by atoms with E-state index >= 15 is 0 Å². The minimum Gasteiger partial charge on any atom is -0.496 e. The lowest BCUT2D eigenvalue weighted by Crippen LogP contribution is -2.12. The molecule has 0 fully saturated rings. The third kappa shape index (κ3) is 3.56. The molecule has 0 aromatic heterocycles. The number of rotatable bonds is 5. The van der Waals surface area contributed by atoms with Gasteiger partial charge in [-0.05, 0) is 24.8 Å². The Balaban J connectivity index is 2.68. The Labute approximate surface area is 92.4 Å². The average Bonchev–Trinajstić information content (AvgIpc) is 2.25. The Morgan fingerprint density at radius 1 is 1.20 bits per heavy atom. The summed E-state index contributed by atoms with van der Waals surface area (Å²) in [6.07, 6.45) is 2.16. The molecule has 0 radical (unpaired) electrons. The second-order valence-corrected chi connectivity index (χ2v) is 4.32. The van der Waals surface area contributed by atoms with Gasteiger partial charge in [-0.1, -0.05) is 32.0 Å². The monoisotopic (exact) mass is 207 g/mol. The topological polar surface area (TPSA) is 35.2 Å². The smallest absolute Gasteiger partial charge is 0.123 e. The molecule has 0 aliphatic rings. The Morgan fingerprint density at radius 3 is 2.47 bits per heavy atom. The van der Waals surface area contributed by atoms with Crippen molar-refractivity contribution >= 4 is 0 Å². The second-order valence-electron chi connectivity index (χ2n) is 4.32. The SMILES string of the molecule is COc1ccccc1C(N)CCC(C)C. The zero-order valence-electron chi connectivity index (χ0n) is 9.86. The summed E-state index contributed by atoms with van der Waals surface area (Å²) in [5.41, 5.74) is 7.25. The van der Waals surface area contributed by atoms with Crippen LogP contribution in [0.2, 0.25) is 0 Å². The quantitative estimate of drug-likeness (QED) is 0.805. The first-order valence-corrected chi connectivity index (χ1v) is 5.53. The summed E-state index contributed by atoms with van der Waals surface area (Å²) in [5.74, 6) is 1.60. The van der Waals surface area contributed by atoms with Gasteiger partial charge in [0.1, 0.15) is 5.75 Å². The molecule has 0 heterocycles. The lowest BCUT2D eigenvalue weighted by atomic mass is 9.98. The predicted molar refractivity (Wildman–Crippen MR) is 64.0 cm³/mol. The van der Waals surface area contributed by atoms with Crippen molar-refractivity contribution in [3.63, 3.8) is 0 Å². The van der Waals surface area contributed by atoms with E-state index in [9.17, 15) is 0 Å². The van der Waals surface area contributed by atoms with Crippen LogP contribution in [0.25, 0.3) is 0 Å². The van der Waals surface area contributed by atoms with Crippen molar-refractivity contribution in [2.24, 2.45) is 11.7 Å². The van der Waals surface area contributed by atoms with Crippen LogP contribution in [0, 0.1) is 5.92 Å². The number of nitrogens with two attached hydrogens (primary N) is 1. The minimum absolute atomic E-state index is 0.0866. The van der Waals surface area contributed by atoms with Crippen molar-refractivity contribution in [1.29, 1.82) is 0 Å². The van der Waals surface area contributed by atoms with Crippen molar-refractivity contribution in [3.05, 3.63) is 29.8 Å². The van der Waals surface area contributed by atoms with Gasteiger partial charge in [-0.15, -0.1) is 0 Å². The zero-order valence-corrected chi connectivity index (χ0v) is 9.86. The Hall–Kier alpha value is -1.02. The van der Waals surface area contributed by atoms with E-state index in [4.69, 9.17) is 10.5 Å². The van der Waals surface area contributed by atoms with E-state index in [-0.39, 0.29) is 6.04 Å². The molecule has 0 bridgehead atoms. The van der Waals surface area contributed by atoms with Gasteiger partial charge < -0.3 is 10.5 Å². The van der Waals surface area contributed by atoms with Gasteiger partial charge in [0.2, 0.25) is 0 Å². The van der Waals surface area contributed by atoms with E-state index in [2.05, 4.69) is 13.8 Å². The number of ether oxygens (including phenoxy) is 1. The summed E-state index contributed by atoms with van der Waals surface area (Å²) in [4.78, 5) is 0. The van der Waals surface area contributed by atoms with Gasteiger partial charge in [-0.25, -0.2) is 0 Å². The lowest BCUT2D eigenvalue weighted by molar-refractivity contribution is 0.401. The van der Waals surface area contributed by atoms with Crippen LogP contribution >= 0.6 is 0 Å². The van der Waals surface area contributed by atoms with E-state index in [0.29, 0.717) is 5.92 Å². The Morgan fingerprint density at radius 2 is 1.87 bits per heavy atom. The summed E-state index contributed by atoms with van der Waals surface area (Å²) in [6.45, 7) is 4.43. The summed E-state index contributed by atoms with van der Waals surface area (Å²) in [5, 5.41) is 0. The first-order valence-electron chi connectivity index (χ1n) is 5.53. The standard InChI is InChI=1S/C13H21NO/c1-10(2)8-9-12(14)11-6-4-5-7-13(11)15-3/h4-7,10,12H,8-9,14H2,1-3H3. The van der Waals surface area contributed by atoms with Crippen molar-refractivity contribution in [3.8, 4) is 5.75 Å². The lowest BCUT2D eigenvalue weighted by Gasteiger charge is -2.16. The molecule has 0 aliphatic carbocycles. The summed E-state index contributed by atoms with van der Waals surface area (Å²) in [6, 6.07) is 8.07. The Kier molecular flexibility index (Phi) is 4.63. The maximum absolute atomic E-state index is 6.14. The highest BCUT2D eigenvalue weighted by atomic mass is 16.5. The normalized spacial score (nSPS) is 12.9. The van der Waals surface area contributed by atoms with Crippen molar-refractivity contribution in [1.82, 2.24) is 0 Å². The molecule has 0 aliphatic heterocycles. The van der Waals surface area contributed by atoms with Crippen molar-refractivity contribution in [2.45, 2.75) is 32.7 Å². The van der Waals surface area contributed by atoms with Crippen molar-refractivity contribution < 1.29 is 4.74 Å². The van der Waals surface area contributed by atoms with Gasteiger partial charge in [0.15, 0.2) is 0 Å². The van der Waals surface area contributed by atoms with E-state index in [0.717, 1.165) is 24.2 Å². The van der Waals surface area contributed by atoms with Gasteiger partial charge >= 0.3 is 0 Å². The summed E-state index contributed by atoms with van der Waals surface area (Å²) < 4.78 is 5.29. The molecule has 0 amide bonds. The molecule has 1 aromatic rings. The molecule has 0 saturated carbocycles. The highest BCUT2D eigenvalue weighted by Gasteiger charge is 2.11. The number of methoxy groups -OCH3 is 1. The second kappa shape index (κ2) is 5.76. The summed E-state index contributed by atoms with van der Waals surface area (Å²) >= 11 is 0. The van der Waals surface area contributed by atoms with E-state index in [1.54, 1.807) is 7.11 Å². The fourth-order valence-electron chi connectivity index (χ4n) is 1.64. The molecule has 15 heavy (non-hydrogen) atoms. The molecule has 2 N–H and O–H groups in total. The fourth-order valence-corrected chi connectivity index (χ4v) is 1.64. The van der Waals surface area contributed by atoms with Crippen LogP contribution in [-0.2, 0) is 0 Å². The van der Waals surface area contributed by atoms with Crippen LogP contribution in [0.15, 0.2) is 24.3 Å². The number of benzene rings is 1. The first-order chi connectivity index (χ1) is 7.15. The fraction of sp³-hybridized carbons (Fsp3) is 0.538. The highest BCUT2D eigenvalue weighted by molar-refractivity contribution is 5.35. The van der Waals surface area contributed by atoms with Gasteiger partial charge in [-0.3, -0.25) is 0 Å². The van der Waals surface area contributed by atoms with Crippen LogP contribution in [0.1, 0.15) is 38.3 Å². The van der Waals surface area contributed by atoms with E-state index in [1.165, 1.54) is 0 Å². The van der Waals surface area contributed by atoms with Crippen LogP contribution in [-0.4, -0.2) is 7.11 Å². The molecule has 1 atom stereocenters. The number of hydrogen-bond donors (Lipinski definition) is 1. The molecule has 2 heteroatoms. The number of para-hydroxylation sites is 1. The van der Waals surface area contributed by atoms with Crippen LogP contribution in [0.3, 0.4) is 0 Å². The molecule has 1 aromatic carbocycles. The van der Waals surface area contributed by atoms with E-state index in [1.807, 2.05) is 24.3 Å². The average molecular weight is 207 g/mol. The predicted octanol–water partition coefficient (Wildman–Crippen LogP) is 3.13. The van der Waals surface area contributed by atoms with Gasteiger partial charge in [0, 0.05) is 11.6 Å². The number of hydrogen-bond acceptors (Lipinski definition) is 2. The molecule has 2 nitrogen and oxygen atoms in total. The van der Waals surface area contributed by atoms with Gasteiger partial charge in [-0.2, -0.15) is 0 Å². The molecular weight excluding hydrogens is 186 g/mol. The Bertz CT molecular complexity index is 296. The van der Waals surface area contributed by atoms with Gasteiger partial charge in [0.25, 0.3) is 0 Å². The largest absolute Gasteiger partial charge is 0.496 e. The van der Waals surface area contributed by atoms with Crippen molar-refractivity contribution in [2.75, 3.05) is 7.11 Å². The third-order valence-electron chi connectivity index (χ3n) is 2.59. The van der Waals surface area contributed by atoms with Gasteiger partial charge in [0.05, 0.1) is 7.11 Å². The molecule has 84 valence electrons. The van der Waals surface area contributed by atoms with Crippen LogP contribution in [0.5, 0.6) is 5.75 Å². The highest BCUT2D eigenvalue weighted by Crippen LogP contribution is 2.26. The molecule has 1 unspecified atom stereocenters. The minimum atomic E-state index is 0.0866. The molecule has 0 saturated heterocycles. The summed E-state index contributed by atoms with van der Waals surface area (Å²) in [7, 11) is 1.69. The van der Waals surface area contributed by atoms with Crippen LogP contribution in [0.4, 0.5) is 0 Å². The molecule has 0 spiro atoms. The van der Waals surface area contributed by atoms with Crippen LogP contribution < -0.4 is 10.5 Å². The maximum Gasteiger partial charge on any atom is 0.123 e. The van der Waals surface area contributed by atoms with E-state index < -0.39 is 0 Å². The third-order valence-corrected chi connectivity index (χ3v) is 2.59. The first kappa shape index (κ1) is 12.1.